The van der Waals surface area contributed by atoms with Crippen molar-refractivity contribution < 1.29 is 23.1 Å². The van der Waals surface area contributed by atoms with Crippen molar-refractivity contribution in [3.63, 3.8) is 0 Å². The summed E-state index contributed by atoms with van der Waals surface area (Å²) in [5.74, 6) is -0.507. The van der Waals surface area contributed by atoms with Crippen LogP contribution < -0.4 is 4.74 Å². The molecule has 2 aromatic rings. The van der Waals surface area contributed by atoms with E-state index in [1.807, 2.05) is 0 Å². The molecule has 4 rings (SSSR count). The average Bonchev–Trinajstić information content (AvgIpc) is 3.20. The van der Waals surface area contributed by atoms with Crippen LogP contribution in [0.4, 0.5) is 8.78 Å². The van der Waals surface area contributed by atoms with Crippen LogP contribution in [-0.2, 0) is 16.1 Å². The Labute approximate surface area is 167 Å². The van der Waals surface area contributed by atoms with Crippen molar-refractivity contribution in [2.24, 2.45) is 5.16 Å². The van der Waals surface area contributed by atoms with Crippen LogP contribution >= 0.6 is 0 Å². The average molecular weight is 400 g/mol. The molecule has 2 aliphatic heterocycles. The smallest absolute Gasteiger partial charge is 0.266 e. The Bertz CT molecular complexity index is 893. The molecule has 1 atom stereocenters. The number of ether oxygens (including phenoxy) is 1. The minimum Gasteiger partial charge on any atom is -0.487 e. The maximum absolute atomic E-state index is 13.7. The van der Waals surface area contributed by atoms with Crippen LogP contribution in [0.2, 0.25) is 0 Å². The van der Waals surface area contributed by atoms with Gasteiger partial charge in [0.15, 0.2) is 11.6 Å². The highest BCUT2D eigenvalue weighted by Gasteiger charge is 2.34. The fraction of sp³-hybridized carbons (Fsp3) is 0.364. The second kappa shape index (κ2) is 8.59. The molecule has 1 amide bonds. The summed E-state index contributed by atoms with van der Waals surface area (Å²) in [6.07, 6.45) is 1.50. The van der Waals surface area contributed by atoms with Crippen molar-refractivity contribution in [1.82, 2.24) is 4.90 Å². The topological polar surface area (TPSA) is 51.1 Å². The number of oxime groups is 1. The number of amides is 1. The first-order valence-electron chi connectivity index (χ1n) is 9.74. The Morgan fingerprint density at radius 2 is 1.83 bits per heavy atom. The SMILES string of the molecule is O=C([C@@H]1CC(Cc2ccc(F)cc2)=NO1)N1CCC(Oc2ccccc2F)CC1. The molecule has 0 saturated carbocycles. The number of likely N-dealkylation sites (tertiary alicyclic amines) is 1. The third-order valence-corrected chi connectivity index (χ3v) is 5.21. The van der Waals surface area contributed by atoms with E-state index in [2.05, 4.69) is 5.16 Å². The minimum atomic E-state index is -0.616. The molecule has 0 aromatic heterocycles. The Morgan fingerprint density at radius 3 is 2.55 bits per heavy atom. The fourth-order valence-electron chi connectivity index (χ4n) is 3.62. The van der Waals surface area contributed by atoms with Gasteiger partial charge in [-0.15, -0.1) is 0 Å². The van der Waals surface area contributed by atoms with Crippen LogP contribution in [0.25, 0.3) is 0 Å². The maximum Gasteiger partial charge on any atom is 0.266 e. The van der Waals surface area contributed by atoms with Gasteiger partial charge in [0.2, 0.25) is 6.10 Å². The summed E-state index contributed by atoms with van der Waals surface area (Å²) in [6, 6.07) is 12.5. The molecule has 0 N–H and O–H groups in total. The van der Waals surface area contributed by atoms with Crippen molar-refractivity contribution >= 4 is 11.6 Å². The monoisotopic (exact) mass is 400 g/mol. The number of rotatable bonds is 5. The van der Waals surface area contributed by atoms with E-state index in [1.54, 1.807) is 35.2 Å². The maximum atomic E-state index is 13.7. The molecule has 5 nitrogen and oxygen atoms in total. The van der Waals surface area contributed by atoms with Gasteiger partial charge in [0.1, 0.15) is 11.9 Å². The first-order valence-corrected chi connectivity index (χ1v) is 9.74. The number of hydrogen-bond acceptors (Lipinski definition) is 4. The normalized spacial score (nSPS) is 19.6. The summed E-state index contributed by atoms with van der Waals surface area (Å²) >= 11 is 0. The summed E-state index contributed by atoms with van der Waals surface area (Å²) in [6.45, 7) is 1.07. The predicted molar refractivity (Wildman–Crippen MR) is 104 cm³/mol. The summed E-state index contributed by atoms with van der Waals surface area (Å²) < 4.78 is 32.5. The Hall–Kier alpha value is -2.96. The summed E-state index contributed by atoms with van der Waals surface area (Å²) in [4.78, 5) is 19.8. The molecule has 1 fully saturated rings. The van der Waals surface area contributed by atoms with Gasteiger partial charge in [-0.3, -0.25) is 4.79 Å². The molecular formula is C22H22F2N2O3. The highest BCUT2D eigenvalue weighted by atomic mass is 19.1. The van der Waals surface area contributed by atoms with Crippen LogP contribution in [0.15, 0.2) is 53.7 Å². The molecule has 7 heteroatoms. The lowest BCUT2D eigenvalue weighted by Gasteiger charge is -2.33. The second-order valence-electron chi connectivity index (χ2n) is 7.33. The zero-order chi connectivity index (χ0) is 20.2. The lowest BCUT2D eigenvalue weighted by atomic mass is 10.0. The molecule has 0 radical (unpaired) electrons. The summed E-state index contributed by atoms with van der Waals surface area (Å²) in [5.41, 5.74) is 1.70. The molecule has 0 unspecified atom stereocenters. The van der Waals surface area contributed by atoms with Crippen LogP contribution in [0, 0.1) is 11.6 Å². The van der Waals surface area contributed by atoms with E-state index in [-0.39, 0.29) is 29.4 Å². The van der Waals surface area contributed by atoms with E-state index in [4.69, 9.17) is 9.57 Å². The van der Waals surface area contributed by atoms with Crippen molar-refractivity contribution in [3.05, 3.63) is 65.7 Å². The zero-order valence-electron chi connectivity index (χ0n) is 15.9. The molecule has 2 heterocycles. The zero-order valence-corrected chi connectivity index (χ0v) is 15.9. The molecule has 2 aromatic carbocycles. The van der Waals surface area contributed by atoms with Crippen LogP contribution in [0.5, 0.6) is 5.75 Å². The van der Waals surface area contributed by atoms with E-state index in [1.165, 1.54) is 18.2 Å². The van der Waals surface area contributed by atoms with Gasteiger partial charge in [-0.2, -0.15) is 0 Å². The van der Waals surface area contributed by atoms with Gasteiger partial charge in [-0.1, -0.05) is 29.4 Å². The van der Waals surface area contributed by atoms with Crippen LogP contribution in [-0.4, -0.2) is 41.8 Å². The minimum absolute atomic E-state index is 0.0906. The number of carbonyl (C=O) groups excluding carboxylic acids is 1. The molecule has 29 heavy (non-hydrogen) atoms. The highest BCUT2D eigenvalue weighted by Crippen LogP contribution is 2.23. The molecular weight excluding hydrogens is 378 g/mol. The van der Waals surface area contributed by atoms with E-state index in [0.29, 0.717) is 38.8 Å². The van der Waals surface area contributed by atoms with Crippen molar-refractivity contribution in [3.8, 4) is 5.75 Å². The Balaban J connectivity index is 1.25. The van der Waals surface area contributed by atoms with Gasteiger partial charge < -0.3 is 14.5 Å². The van der Waals surface area contributed by atoms with Crippen LogP contribution in [0.3, 0.4) is 0 Å². The largest absolute Gasteiger partial charge is 0.487 e. The van der Waals surface area contributed by atoms with Gasteiger partial charge in [0.05, 0.1) is 5.71 Å². The number of carbonyl (C=O) groups is 1. The van der Waals surface area contributed by atoms with E-state index < -0.39 is 6.10 Å². The van der Waals surface area contributed by atoms with Crippen molar-refractivity contribution in [2.75, 3.05) is 13.1 Å². The second-order valence-corrected chi connectivity index (χ2v) is 7.33. The van der Waals surface area contributed by atoms with Crippen molar-refractivity contribution in [2.45, 2.75) is 37.9 Å². The number of halogens is 2. The molecule has 1 saturated heterocycles. The van der Waals surface area contributed by atoms with E-state index >= 15 is 0 Å². The van der Waals surface area contributed by atoms with E-state index in [9.17, 15) is 13.6 Å². The fourth-order valence-corrected chi connectivity index (χ4v) is 3.62. The summed E-state index contributed by atoms with van der Waals surface area (Å²) in [7, 11) is 0. The Morgan fingerprint density at radius 1 is 1.10 bits per heavy atom. The third kappa shape index (κ3) is 4.72. The van der Waals surface area contributed by atoms with Gasteiger partial charge in [-0.05, 0) is 29.8 Å². The number of benzene rings is 2. The molecule has 0 bridgehead atoms. The van der Waals surface area contributed by atoms with Gasteiger partial charge >= 0.3 is 0 Å². The first kappa shape index (κ1) is 19.4. The number of nitrogens with zero attached hydrogens (tertiary/aromatic N) is 2. The van der Waals surface area contributed by atoms with Crippen molar-refractivity contribution in [1.29, 1.82) is 0 Å². The third-order valence-electron chi connectivity index (χ3n) is 5.21. The number of hydrogen-bond donors (Lipinski definition) is 0. The molecule has 152 valence electrons. The number of para-hydroxylation sites is 1. The Kier molecular flexibility index (Phi) is 5.74. The molecule has 0 aliphatic carbocycles. The lowest BCUT2D eigenvalue weighted by molar-refractivity contribution is -0.143. The van der Waals surface area contributed by atoms with Gasteiger partial charge in [0.25, 0.3) is 5.91 Å². The lowest BCUT2D eigenvalue weighted by Crippen LogP contribution is -2.46. The quantitative estimate of drug-likeness (QED) is 0.769. The molecule has 0 spiro atoms. The number of piperidine rings is 1. The van der Waals surface area contributed by atoms with Crippen LogP contribution in [0.1, 0.15) is 24.8 Å². The highest BCUT2D eigenvalue weighted by molar-refractivity contribution is 5.94. The van der Waals surface area contributed by atoms with Gasteiger partial charge in [0, 0.05) is 38.8 Å². The predicted octanol–water partition coefficient (Wildman–Crippen LogP) is 3.72. The standard InChI is InChI=1S/C22H22F2N2O3/c23-16-7-5-15(6-8-16)13-17-14-21(29-25-17)22(27)26-11-9-18(10-12-26)28-20-4-2-1-3-19(20)24/h1-8,18,21H,9-14H2/t21-/m0/s1. The van der Waals surface area contributed by atoms with E-state index in [0.717, 1.165) is 11.3 Å². The molecule has 2 aliphatic rings. The summed E-state index contributed by atoms with van der Waals surface area (Å²) in [5, 5.41) is 4.04. The van der Waals surface area contributed by atoms with Gasteiger partial charge in [-0.25, -0.2) is 8.78 Å². The first-order chi connectivity index (χ1) is 14.1.